The quantitative estimate of drug-likeness (QED) is 0.603. The first-order valence-corrected chi connectivity index (χ1v) is 5.27. The van der Waals surface area contributed by atoms with E-state index in [4.69, 9.17) is 0 Å². The molecule has 0 spiro atoms. The summed E-state index contributed by atoms with van der Waals surface area (Å²) < 4.78 is 74.0. The lowest BCUT2D eigenvalue weighted by molar-refractivity contribution is -0.185. The zero-order chi connectivity index (χ0) is 17.0. The van der Waals surface area contributed by atoms with E-state index in [0.29, 0.717) is 0 Å². The lowest BCUT2D eigenvalue weighted by Crippen LogP contribution is -2.51. The molecule has 0 aromatic rings. The third kappa shape index (κ3) is 2.29. The molecule has 2 saturated heterocycles. The zero-order valence-corrected chi connectivity index (χ0v) is 9.95. The van der Waals surface area contributed by atoms with Gasteiger partial charge in [0.15, 0.2) is 12.3 Å². The van der Waals surface area contributed by atoms with Gasteiger partial charge in [0, 0.05) is 0 Å². The van der Waals surface area contributed by atoms with Gasteiger partial charge in [-0.05, 0) is 0 Å². The second-order valence-corrected chi connectivity index (χ2v) is 4.13. The smallest absolute Gasteiger partial charge is 0.313 e. The zero-order valence-electron chi connectivity index (χ0n) is 9.95. The molecule has 6 amide bonds. The molecule has 0 aliphatic carbocycles. The van der Waals surface area contributed by atoms with Crippen molar-refractivity contribution in [2.24, 2.45) is 0 Å². The standard InChI is InChI=1S/C8H4F6N4O4/c9-7(10,11)3(19)17-1-2(16-6(17)22)18(5(21)15-1)4(20)8(12,13)14/h1-2H,(H,15,21)(H,16,22)/t1-,2+. The van der Waals surface area contributed by atoms with Crippen LogP contribution in [0.4, 0.5) is 35.9 Å². The SMILES string of the molecule is O=C1N[C@H]2[C@@H](NC(=O)N2C(=O)C(F)(F)F)N1C(=O)C(F)(F)F. The van der Waals surface area contributed by atoms with Crippen LogP contribution >= 0.6 is 0 Å². The molecular formula is C8H4F6N4O4. The molecule has 0 radical (unpaired) electrons. The molecule has 0 aromatic heterocycles. The summed E-state index contributed by atoms with van der Waals surface area (Å²) in [5.74, 6) is -5.39. The Kier molecular flexibility index (Phi) is 3.22. The molecule has 2 atom stereocenters. The molecule has 2 aliphatic rings. The van der Waals surface area contributed by atoms with Crippen LogP contribution in [0.1, 0.15) is 0 Å². The Morgan fingerprint density at radius 3 is 1.27 bits per heavy atom. The number of fused-ring (bicyclic) bond motifs is 1. The molecule has 2 N–H and O–H groups in total. The number of hydrogen-bond donors (Lipinski definition) is 2. The Morgan fingerprint density at radius 2 is 1.05 bits per heavy atom. The first kappa shape index (κ1) is 15.8. The first-order chi connectivity index (χ1) is 9.85. The van der Waals surface area contributed by atoms with Crippen LogP contribution in [0.15, 0.2) is 0 Å². The maximum absolute atomic E-state index is 12.3. The number of nitrogens with one attached hydrogen (secondary N) is 2. The van der Waals surface area contributed by atoms with Crippen molar-refractivity contribution < 1.29 is 45.5 Å². The molecule has 0 unspecified atom stereocenters. The van der Waals surface area contributed by atoms with Crippen LogP contribution in [0.25, 0.3) is 0 Å². The summed E-state index contributed by atoms with van der Waals surface area (Å²) in [5.41, 5.74) is 0. The minimum absolute atomic E-state index is 0.508. The van der Waals surface area contributed by atoms with Gasteiger partial charge < -0.3 is 10.6 Å². The monoisotopic (exact) mass is 334 g/mol. The Morgan fingerprint density at radius 1 is 0.773 bits per heavy atom. The number of carbonyl (C=O) groups excluding carboxylic acids is 4. The van der Waals surface area contributed by atoms with Crippen LogP contribution < -0.4 is 10.6 Å². The fourth-order valence-electron chi connectivity index (χ4n) is 1.92. The van der Waals surface area contributed by atoms with Gasteiger partial charge in [-0.1, -0.05) is 0 Å². The number of rotatable bonds is 0. The normalized spacial score (nSPS) is 25.0. The number of alkyl halides is 6. The topological polar surface area (TPSA) is 98.8 Å². The fraction of sp³-hybridized carbons (Fsp3) is 0.500. The highest BCUT2D eigenvalue weighted by atomic mass is 19.4. The van der Waals surface area contributed by atoms with Gasteiger partial charge in [0.05, 0.1) is 0 Å². The molecule has 8 nitrogen and oxygen atoms in total. The molecule has 22 heavy (non-hydrogen) atoms. The van der Waals surface area contributed by atoms with E-state index in [-0.39, 0.29) is 0 Å². The van der Waals surface area contributed by atoms with Gasteiger partial charge in [0.1, 0.15) is 0 Å². The highest BCUT2D eigenvalue weighted by Crippen LogP contribution is 2.30. The first-order valence-electron chi connectivity index (χ1n) is 5.27. The summed E-state index contributed by atoms with van der Waals surface area (Å²) in [5, 5.41) is 3.08. The lowest BCUT2D eigenvalue weighted by atomic mass is 10.3. The summed E-state index contributed by atoms with van der Waals surface area (Å²) in [6.45, 7) is 0. The predicted molar refractivity (Wildman–Crippen MR) is 50.4 cm³/mol. The number of amides is 6. The summed E-state index contributed by atoms with van der Waals surface area (Å²) in [4.78, 5) is 43.8. The number of carbonyl (C=O) groups is 4. The van der Waals surface area contributed by atoms with E-state index < -0.39 is 58.4 Å². The minimum Gasteiger partial charge on any atom is -0.313 e. The average molecular weight is 334 g/mol. The summed E-state index contributed by atoms with van der Waals surface area (Å²) >= 11 is 0. The van der Waals surface area contributed by atoms with Gasteiger partial charge in [-0.15, -0.1) is 0 Å². The van der Waals surface area contributed by atoms with Crippen LogP contribution in [0.3, 0.4) is 0 Å². The molecule has 2 fully saturated rings. The van der Waals surface area contributed by atoms with E-state index in [1.165, 1.54) is 0 Å². The van der Waals surface area contributed by atoms with E-state index in [9.17, 15) is 45.5 Å². The van der Waals surface area contributed by atoms with Crippen LogP contribution in [-0.4, -0.2) is 58.4 Å². The highest BCUT2D eigenvalue weighted by molar-refractivity contribution is 6.04. The van der Waals surface area contributed by atoms with Crippen LogP contribution in [-0.2, 0) is 9.59 Å². The van der Waals surface area contributed by atoms with Crippen molar-refractivity contribution in [1.82, 2.24) is 20.4 Å². The molecule has 0 bridgehead atoms. The lowest BCUT2D eigenvalue weighted by Gasteiger charge is -2.21. The van der Waals surface area contributed by atoms with E-state index in [1.54, 1.807) is 10.6 Å². The number of nitrogens with zero attached hydrogens (tertiary/aromatic N) is 2. The molecule has 2 aliphatic heterocycles. The predicted octanol–water partition coefficient (Wildman–Crippen LogP) is -0.133. The molecule has 0 aromatic carbocycles. The maximum atomic E-state index is 12.3. The number of halogens is 6. The minimum atomic E-state index is -5.50. The van der Waals surface area contributed by atoms with Gasteiger partial charge in [0.25, 0.3) is 0 Å². The van der Waals surface area contributed by atoms with E-state index in [0.717, 1.165) is 0 Å². The summed E-state index contributed by atoms with van der Waals surface area (Å²) in [6.07, 6.45) is -15.2. The van der Waals surface area contributed by atoms with E-state index in [2.05, 4.69) is 0 Å². The largest absolute Gasteiger partial charge is 0.471 e. The van der Waals surface area contributed by atoms with Crippen LogP contribution in [0, 0.1) is 0 Å². The second-order valence-electron chi connectivity index (χ2n) is 4.13. The third-order valence-corrected chi connectivity index (χ3v) is 2.76. The highest BCUT2D eigenvalue weighted by Gasteiger charge is 2.61. The fourth-order valence-corrected chi connectivity index (χ4v) is 1.92. The number of imide groups is 2. The van der Waals surface area contributed by atoms with Gasteiger partial charge in [-0.3, -0.25) is 9.59 Å². The molecule has 2 heterocycles. The van der Waals surface area contributed by atoms with Crippen LogP contribution in [0.2, 0.25) is 0 Å². The summed E-state index contributed by atoms with van der Waals surface area (Å²) in [6, 6.07) is -3.39. The van der Waals surface area contributed by atoms with Gasteiger partial charge in [-0.25, -0.2) is 19.4 Å². The van der Waals surface area contributed by atoms with Crippen molar-refractivity contribution in [3.05, 3.63) is 0 Å². The molecule has 2 rings (SSSR count). The van der Waals surface area contributed by atoms with Crippen molar-refractivity contribution >= 4 is 23.9 Å². The van der Waals surface area contributed by atoms with E-state index >= 15 is 0 Å². The van der Waals surface area contributed by atoms with Gasteiger partial charge in [0.2, 0.25) is 0 Å². The van der Waals surface area contributed by atoms with Gasteiger partial charge in [-0.2, -0.15) is 26.3 Å². The Bertz CT molecular complexity index is 522. The van der Waals surface area contributed by atoms with Crippen molar-refractivity contribution in [1.29, 1.82) is 0 Å². The van der Waals surface area contributed by atoms with Gasteiger partial charge >= 0.3 is 36.2 Å². The van der Waals surface area contributed by atoms with Crippen LogP contribution in [0.5, 0.6) is 0 Å². The maximum Gasteiger partial charge on any atom is 0.471 e. The van der Waals surface area contributed by atoms with Crippen molar-refractivity contribution in [2.75, 3.05) is 0 Å². The van der Waals surface area contributed by atoms with E-state index in [1.807, 2.05) is 0 Å². The molecular weight excluding hydrogens is 330 g/mol. The molecule has 122 valence electrons. The van der Waals surface area contributed by atoms with Crippen molar-refractivity contribution in [3.63, 3.8) is 0 Å². The molecule has 14 heteroatoms. The summed E-state index contributed by atoms with van der Waals surface area (Å²) in [7, 11) is 0. The average Bonchev–Trinajstić information content (AvgIpc) is 2.78. The second kappa shape index (κ2) is 4.48. The third-order valence-electron chi connectivity index (χ3n) is 2.76. The number of urea groups is 2. The Labute approximate surface area is 116 Å². The molecule has 0 saturated carbocycles. The Hall–Kier alpha value is -2.54. The van der Waals surface area contributed by atoms with Crippen molar-refractivity contribution in [3.8, 4) is 0 Å². The van der Waals surface area contributed by atoms with Crippen molar-refractivity contribution in [2.45, 2.75) is 24.7 Å². The Balaban J connectivity index is 2.33. The number of hydrogen-bond acceptors (Lipinski definition) is 4.